The van der Waals surface area contributed by atoms with Crippen molar-refractivity contribution in [3.63, 3.8) is 0 Å². The number of rotatable bonds is 6. The average molecular weight is 344 g/mol. The van der Waals surface area contributed by atoms with E-state index in [9.17, 15) is 9.90 Å². The van der Waals surface area contributed by atoms with E-state index in [4.69, 9.17) is 0 Å². The van der Waals surface area contributed by atoms with Gasteiger partial charge in [0.05, 0.1) is 17.7 Å². The number of nitrogens with zero attached hydrogens (tertiary/aromatic N) is 1. The monoisotopic (exact) mass is 344 g/mol. The first-order valence-corrected chi connectivity index (χ1v) is 9.49. The second kappa shape index (κ2) is 7.45. The fourth-order valence-corrected chi connectivity index (χ4v) is 3.93. The van der Waals surface area contributed by atoms with Crippen molar-refractivity contribution in [1.29, 1.82) is 0 Å². The number of hydrogen-bond acceptors (Lipinski definition) is 4. The molecule has 1 aliphatic carbocycles. The lowest BCUT2D eigenvalue weighted by molar-refractivity contribution is -0.121. The molecule has 1 amide bonds. The molecule has 2 aromatic rings. The summed E-state index contributed by atoms with van der Waals surface area (Å²) in [6, 6.07) is 8.39. The van der Waals surface area contributed by atoms with Crippen LogP contribution in [-0.2, 0) is 17.6 Å². The van der Waals surface area contributed by atoms with Crippen LogP contribution in [0.4, 0.5) is 0 Å². The molecule has 0 bridgehead atoms. The third-order valence-electron chi connectivity index (χ3n) is 4.65. The molecule has 0 saturated heterocycles. The predicted octanol–water partition coefficient (Wildman–Crippen LogP) is 3.34. The second-order valence-electron chi connectivity index (χ2n) is 6.58. The smallest absolute Gasteiger partial charge is 0.226 e. The van der Waals surface area contributed by atoms with E-state index in [2.05, 4.69) is 41.5 Å². The van der Waals surface area contributed by atoms with Crippen LogP contribution in [0.1, 0.15) is 43.9 Å². The fraction of sp³-hybridized carbons (Fsp3) is 0.474. The van der Waals surface area contributed by atoms with Crippen LogP contribution in [-0.4, -0.2) is 28.1 Å². The standard InChI is InChI=1S/C19H24N2O2S/c1-2-14-5-7-15(8-6-14)18-21-16(12-24-18)11-17(22)20-13-19(23)9-3-4-10-19/h5-8,12,23H,2-4,9-11,13H2,1H3,(H,20,22). The molecule has 128 valence electrons. The summed E-state index contributed by atoms with van der Waals surface area (Å²) < 4.78 is 0. The zero-order chi connectivity index (χ0) is 17.0. The van der Waals surface area contributed by atoms with Gasteiger partial charge in [0.15, 0.2) is 0 Å². The minimum Gasteiger partial charge on any atom is -0.388 e. The van der Waals surface area contributed by atoms with E-state index in [0.717, 1.165) is 48.4 Å². The molecular weight excluding hydrogens is 320 g/mol. The van der Waals surface area contributed by atoms with Crippen LogP contribution < -0.4 is 5.32 Å². The first kappa shape index (κ1) is 17.1. The number of benzene rings is 1. The summed E-state index contributed by atoms with van der Waals surface area (Å²) in [5.74, 6) is -0.0755. The quantitative estimate of drug-likeness (QED) is 0.845. The number of aromatic nitrogens is 1. The molecule has 0 radical (unpaired) electrons. The summed E-state index contributed by atoms with van der Waals surface area (Å²) in [5.41, 5.74) is 2.47. The summed E-state index contributed by atoms with van der Waals surface area (Å²) in [4.78, 5) is 16.7. The van der Waals surface area contributed by atoms with Crippen molar-refractivity contribution in [2.75, 3.05) is 6.54 Å². The molecule has 1 aromatic carbocycles. The van der Waals surface area contributed by atoms with Crippen LogP contribution in [0.3, 0.4) is 0 Å². The lowest BCUT2D eigenvalue weighted by Gasteiger charge is -2.22. The largest absolute Gasteiger partial charge is 0.388 e. The molecule has 4 nitrogen and oxygen atoms in total. The van der Waals surface area contributed by atoms with Gasteiger partial charge in [-0.05, 0) is 24.8 Å². The molecule has 0 unspecified atom stereocenters. The molecule has 0 atom stereocenters. The van der Waals surface area contributed by atoms with Crippen molar-refractivity contribution in [2.45, 2.75) is 51.0 Å². The van der Waals surface area contributed by atoms with Gasteiger partial charge in [0, 0.05) is 17.5 Å². The maximum absolute atomic E-state index is 12.1. The Morgan fingerprint density at radius 3 is 2.67 bits per heavy atom. The number of hydrogen-bond donors (Lipinski definition) is 2. The van der Waals surface area contributed by atoms with Gasteiger partial charge in [0.25, 0.3) is 0 Å². The third kappa shape index (κ3) is 4.22. The van der Waals surface area contributed by atoms with Gasteiger partial charge in [-0.25, -0.2) is 4.98 Å². The van der Waals surface area contributed by atoms with Gasteiger partial charge >= 0.3 is 0 Å². The topological polar surface area (TPSA) is 62.2 Å². The molecule has 0 aliphatic heterocycles. The molecule has 1 saturated carbocycles. The summed E-state index contributed by atoms with van der Waals surface area (Å²) in [5, 5.41) is 16.0. The highest BCUT2D eigenvalue weighted by Crippen LogP contribution is 2.28. The number of carbonyl (C=O) groups excluding carboxylic acids is 1. The highest BCUT2D eigenvalue weighted by Gasteiger charge is 2.31. The molecule has 1 aliphatic rings. The SMILES string of the molecule is CCc1ccc(-c2nc(CC(=O)NCC3(O)CCCC3)cs2)cc1. The molecule has 1 heterocycles. The highest BCUT2D eigenvalue weighted by atomic mass is 32.1. The van der Waals surface area contributed by atoms with Gasteiger partial charge in [0.1, 0.15) is 5.01 Å². The lowest BCUT2D eigenvalue weighted by atomic mass is 10.0. The highest BCUT2D eigenvalue weighted by molar-refractivity contribution is 7.13. The molecule has 24 heavy (non-hydrogen) atoms. The predicted molar refractivity (Wildman–Crippen MR) is 97.1 cm³/mol. The van der Waals surface area contributed by atoms with Crippen LogP contribution in [0.15, 0.2) is 29.6 Å². The Labute approximate surface area is 146 Å². The van der Waals surface area contributed by atoms with Crippen LogP contribution in [0.5, 0.6) is 0 Å². The number of amides is 1. The minimum atomic E-state index is -0.704. The second-order valence-corrected chi connectivity index (χ2v) is 7.44. The normalized spacial score (nSPS) is 16.2. The van der Waals surface area contributed by atoms with E-state index in [1.165, 1.54) is 5.56 Å². The van der Waals surface area contributed by atoms with E-state index in [-0.39, 0.29) is 12.3 Å². The van der Waals surface area contributed by atoms with Gasteiger partial charge in [-0.3, -0.25) is 4.79 Å². The lowest BCUT2D eigenvalue weighted by Crippen LogP contribution is -2.41. The van der Waals surface area contributed by atoms with E-state index in [1.54, 1.807) is 11.3 Å². The maximum Gasteiger partial charge on any atom is 0.226 e. The molecule has 3 rings (SSSR count). The Morgan fingerprint density at radius 1 is 1.29 bits per heavy atom. The van der Waals surface area contributed by atoms with Crippen LogP contribution in [0.2, 0.25) is 0 Å². The summed E-state index contributed by atoms with van der Waals surface area (Å²) in [6.07, 6.45) is 4.93. The van der Waals surface area contributed by atoms with Gasteiger partial charge < -0.3 is 10.4 Å². The Kier molecular flexibility index (Phi) is 5.31. The Balaban J connectivity index is 1.56. The number of aliphatic hydroxyl groups is 1. The van der Waals surface area contributed by atoms with Crippen LogP contribution >= 0.6 is 11.3 Å². The minimum absolute atomic E-state index is 0.0755. The maximum atomic E-state index is 12.1. The number of aryl methyl sites for hydroxylation is 1. The number of thiazole rings is 1. The summed E-state index contributed by atoms with van der Waals surface area (Å²) >= 11 is 1.56. The average Bonchev–Trinajstić information content (AvgIpc) is 3.23. The number of nitrogens with one attached hydrogen (secondary N) is 1. The Morgan fingerprint density at radius 2 is 2.00 bits per heavy atom. The van der Waals surface area contributed by atoms with Crippen molar-refractivity contribution in [3.8, 4) is 10.6 Å². The van der Waals surface area contributed by atoms with E-state index >= 15 is 0 Å². The summed E-state index contributed by atoms with van der Waals surface area (Å²) in [6.45, 7) is 2.48. The zero-order valence-electron chi connectivity index (χ0n) is 14.0. The Hall–Kier alpha value is -1.72. The van der Waals surface area contributed by atoms with E-state index in [1.807, 2.05) is 5.38 Å². The van der Waals surface area contributed by atoms with Gasteiger partial charge in [-0.1, -0.05) is 44.0 Å². The van der Waals surface area contributed by atoms with E-state index in [0.29, 0.717) is 6.54 Å². The van der Waals surface area contributed by atoms with Crippen molar-refractivity contribution in [1.82, 2.24) is 10.3 Å². The summed E-state index contributed by atoms with van der Waals surface area (Å²) in [7, 11) is 0. The molecule has 1 aromatic heterocycles. The van der Waals surface area contributed by atoms with Crippen molar-refractivity contribution >= 4 is 17.2 Å². The van der Waals surface area contributed by atoms with Crippen LogP contribution in [0.25, 0.3) is 10.6 Å². The van der Waals surface area contributed by atoms with Gasteiger partial charge in [-0.2, -0.15) is 0 Å². The van der Waals surface area contributed by atoms with Crippen molar-refractivity contribution < 1.29 is 9.90 Å². The third-order valence-corrected chi connectivity index (χ3v) is 5.59. The van der Waals surface area contributed by atoms with Crippen LogP contribution in [0, 0.1) is 0 Å². The molecular formula is C19H24N2O2S. The van der Waals surface area contributed by atoms with Crippen molar-refractivity contribution in [2.24, 2.45) is 0 Å². The number of carbonyl (C=O) groups is 1. The molecule has 2 N–H and O–H groups in total. The first-order valence-electron chi connectivity index (χ1n) is 8.61. The molecule has 1 fully saturated rings. The fourth-order valence-electron chi connectivity index (χ4n) is 3.10. The van der Waals surface area contributed by atoms with Gasteiger partial charge in [0.2, 0.25) is 5.91 Å². The Bertz CT molecular complexity index is 688. The van der Waals surface area contributed by atoms with Gasteiger partial charge in [-0.15, -0.1) is 11.3 Å². The first-order chi connectivity index (χ1) is 11.6. The molecule has 5 heteroatoms. The zero-order valence-corrected chi connectivity index (χ0v) is 14.9. The van der Waals surface area contributed by atoms with E-state index < -0.39 is 5.60 Å². The molecule has 0 spiro atoms. The van der Waals surface area contributed by atoms with Crippen molar-refractivity contribution in [3.05, 3.63) is 40.9 Å².